The molecule has 0 spiro atoms. The zero-order valence-electron chi connectivity index (χ0n) is 16.9. The zero-order chi connectivity index (χ0) is 19.1. The van der Waals surface area contributed by atoms with Gasteiger partial charge in [-0.15, -0.1) is 0 Å². The normalized spacial score (nSPS) is 23.3. The first-order chi connectivity index (χ1) is 12.2. The quantitative estimate of drug-likeness (QED) is 0.898. The summed E-state index contributed by atoms with van der Waals surface area (Å²) < 4.78 is 0. The van der Waals surface area contributed by atoms with Crippen LogP contribution in [0, 0.1) is 19.3 Å². The lowest BCUT2D eigenvalue weighted by Crippen LogP contribution is -2.41. The largest absolute Gasteiger partial charge is 0.355 e. The molecule has 6 nitrogen and oxygen atoms in total. The average molecular weight is 360 g/mol. The SMILES string of the molecule is Cc1nc(C(=O)N(C)C2CCC(C)(C)CC2)nc(N2CC[C@@H](N)C2)c1C. The second kappa shape index (κ2) is 7.14. The fourth-order valence-electron chi connectivity index (χ4n) is 4.09. The van der Waals surface area contributed by atoms with Crippen molar-refractivity contribution in [2.45, 2.75) is 71.9 Å². The number of rotatable bonds is 3. The van der Waals surface area contributed by atoms with Crippen LogP contribution >= 0.6 is 0 Å². The minimum absolute atomic E-state index is 0.0671. The van der Waals surface area contributed by atoms with E-state index in [1.54, 1.807) is 0 Å². The standard InChI is InChI=1S/C20H33N5O/c1-13-14(2)22-17(23-18(13)25-11-8-15(21)12-25)19(26)24(5)16-6-9-20(3,4)10-7-16/h15-16H,6-12,21H2,1-5H3/t15-/m1/s1. The van der Waals surface area contributed by atoms with Gasteiger partial charge in [0.2, 0.25) is 5.82 Å². The van der Waals surface area contributed by atoms with Crippen LogP contribution in [0.1, 0.15) is 67.8 Å². The van der Waals surface area contributed by atoms with Gasteiger partial charge >= 0.3 is 0 Å². The number of aryl methyl sites for hydroxylation is 1. The smallest absolute Gasteiger partial charge is 0.291 e. The number of aromatic nitrogens is 2. The minimum Gasteiger partial charge on any atom is -0.355 e. The van der Waals surface area contributed by atoms with Crippen molar-refractivity contribution in [3.63, 3.8) is 0 Å². The summed E-state index contributed by atoms with van der Waals surface area (Å²) in [5.41, 5.74) is 8.36. The summed E-state index contributed by atoms with van der Waals surface area (Å²) in [5.74, 6) is 1.12. The molecule has 0 aromatic carbocycles. The van der Waals surface area contributed by atoms with Gasteiger partial charge in [-0.05, 0) is 51.4 Å². The van der Waals surface area contributed by atoms with E-state index >= 15 is 0 Å². The molecular weight excluding hydrogens is 326 g/mol. The second-order valence-electron chi connectivity index (χ2n) is 8.89. The Hall–Kier alpha value is -1.69. The number of carbonyl (C=O) groups excluding carboxylic acids is 1. The van der Waals surface area contributed by atoms with Gasteiger partial charge in [0.05, 0.1) is 0 Å². The highest BCUT2D eigenvalue weighted by Crippen LogP contribution is 2.37. The molecule has 2 aliphatic rings. The molecule has 1 saturated carbocycles. The highest BCUT2D eigenvalue weighted by Gasteiger charge is 2.32. The lowest BCUT2D eigenvalue weighted by molar-refractivity contribution is 0.0623. The first-order valence-corrected chi connectivity index (χ1v) is 9.81. The van der Waals surface area contributed by atoms with Crippen LogP contribution in [0.25, 0.3) is 0 Å². The van der Waals surface area contributed by atoms with E-state index in [2.05, 4.69) is 28.7 Å². The Bertz CT molecular complexity index is 677. The van der Waals surface area contributed by atoms with Crippen LogP contribution in [-0.4, -0.2) is 53.0 Å². The number of nitrogens with two attached hydrogens (primary N) is 1. The molecule has 2 N–H and O–H groups in total. The number of amides is 1. The molecule has 26 heavy (non-hydrogen) atoms. The van der Waals surface area contributed by atoms with Crippen molar-refractivity contribution in [3.05, 3.63) is 17.1 Å². The molecule has 1 atom stereocenters. The van der Waals surface area contributed by atoms with E-state index in [1.165, 1.54) is 0 Å². The average Bonchev–Trinajstić information content (AvgIpc) is 3.02. The summed E-state index contributed by atoms with van der Waals surface area (Å²) >= 11 is 0. The molecule has 2 fully saturated rings. The molecule has 1 saturated heterocycles. The summed E-state index contributed by atoms with van der Waals surface area (Å²) in [7, 11) is 1.90. The van der Waals surface area contributed by atoms with Gasteiger partial charge < -0.3 is 15.5 Å². The molecule has 1 amide bonds. The van der Waals surface area contributed by atoms with Crippen molar-refractivity contribution < 1.29 is 4.79 Å². The van der Waals surface area contributed by atoms with Crippen molar-refractivity contribution >= 4 is 11.7 Å². The summed E-state index contributed by atoms with van der Waals surface area (Å²) in [6.07, 6.45) is 5.37. The number of hydrogen-bond acceptors (Lipinski definition) is 5. The molecular formula is C20H33N5O. The second-order valence-corrected chi connectivity index (χ2v) is 8.89. The maximum absolute atomic E-state index is 13.1. The molecule has 1 aromatic heterocycles. The third-order valence-corrected chi connectivity index (χ3v) is 6.26. The summed E-state index contributed by atoms with van der Waals surface area (Å²) in [6.45, 7) is 10.3. The van der Waals surface area contributed by atoms with E-state index in [0.717, 1.165) is 62.3 Å². The summed E-state index contributed by atoms with van der Waals surface area (Å²) in [4.78, 5) is 26.3. The Morgan fingerprint density at radius 2 is 1.85 bits per heavy atom. The molecule has 3 rings (SSSR count). The first-order valence-electron chi connectivity index (χ1n) is 9.81. The molecule has 2 heterocycles. The molecule has 6 heteroatoms. The molecule has 0 bridgehead atoms. The van der Waals surface area contributed by atoms with Gasteiger partial charge in [0, 0.05) is 43.5 Å². The highest BCUT2D eigenvalue weighted by atomic mass is 16.2. The van der Waals surface area contributed by atoms with Gasteiger partial charge in [0.15, 0.2) is 0 Å². The number of anilines is 1. The fourth-order valence-corrected chi connectivity index (χ4v) is 4.09. The molecule has 1 aliphatic carbocycles. The molecule has 144 valence electrons. The van der Waals surface area contributed by atoms with Crippen molar-refractivity contribution in [2.75, 3.05) is 25.0 Å². The minimum atomic E-state index is -0.0671. The third kappa shape index (κ3) is 3.85. The van der Waals surface area contributed by atoms with Crippen molar-refractivity contribution in [3.8, 4) is 0 Å². The van der Waals surface area contributed by atoms with Gasteiger partial charge in [0.25, 0.3) is 5.91 Å². The maximum atomic E-state index is 13.1. The van der Waals surface area contributed by atoms with Crippen LogP contribution < -0.4 is 10.6 Å². The van der Waals surface area contributed by atoms with E-state index in [1.807, 2.05) is 25.8 Å². The Morgan fingerprint density at radius 3 is 2.42 bits per heavy atom. The Kier molecular flexibility index (Phi) is 5.24. The van der Waals surface area contributed by atoms with Gasteiger partial charge in [-0.3, -0.25) is 4.79 Å². The van der Waals surface area contributed by atoms with Crippen LogP contribution in [0.5, 0.6) is 0 Å². The Balaban J connectivity index is 1.80. The van der Waals surface area contributed by atoms with Gasteiger partial charge in [-0.2, -0.15) is 0 Å². The van der Waals surface area contributed by atoms with Gasteiger partial charge in [0.1, 0.15) is 5.82 Å². The zero-order valence-corrected chi connectivity index (χ0v) is 16.9. The summed E-state index contributed by atoms with van der Waals surface area (Å²) in [5, 5.41) is 0. The topological polar surface area (TPSA) is 75.4 Å². The molecule has 0 unspecified atom stereocenters. The fraction of sp³-hybridized carbons (Fsp3) is 0.750. The number of hydrogen-bond donors (Lipinski definition) is 1. The van der Waals surface area contributed by atoms with E-state index in [0.29, 0.717) is 11.2 Å². The monoisotopic (exact) mass is 359 g/mol. The van der Waals surface area contributed by atoms with Gasteiger partial charge in [-0.1, -0.05) is 13.8 Å². The van der Waals surface area contributed by atoms with Crippen LogP contribution in [0.4, 0.5) is 5.82 Å². The lowest BCUT2D eigenvalue weighted by Gasteiger charge is -2.38. The van der Waals surface area contributed by atoms with Crippen LogP contribution in [0.2, 0.25) is 0 Å². The first kappa shape index (κ1) is 19.1. The van der Waals surface area contributed by atoms with Crippen LogP contribution in [-0.2, 0) is 0 Å². The van der Waals surface area contributed by atoms with E-state index < -0.39 is 0 Å². The third-order valence-electron chi connectivity index (χ3n) is 6.26. The number of nitrogens with zero attached hydrogens (tertiary/aromatic N) is 4. The lowest BCUT2D eigenvalue weighted by atomic mass is 9.75. The predicted octanol–water partition coefficient (Wildman–Crippen LogP) is 2.67. The van der Waals surface area contributed by atoms with Crippen molar-refractivity contribution in [1.82, 2.24) is 14.9 Å². The van der Waals surface area contributed by atoms with Crippen LogP contribution in [0.15, 0.2) is 0 Å². The molecule has 0 radical (unpaired) electrons. The van der Waals surface area contributed by atoms with Crippen molar-refractivity contribution in [1.29, 1.82) is 0 Å². The van der Waals surface area contributed by atoms with Gasteiger partial charge in [-0.25, -0.2) is 9.97 Å². The maximum Gasteiger partial charge on any atom is 0.291 e. The van der Waals surface area contributed by atoms with Crippen molar-refractivity contribution in [2.24, 2.45) is 11.1 Å². The molecule has 1 aliphatic heterocycles. The van der Waals surface area contributed by atoms with E-state index in [4.69, 9.17) is 5.73 Å². The predicted molar refractivity (Wildman–Crippen MR) is 104 cm³/mol. The van der Waals surface area contributed by atoms with Crippen LogP contribution in [0.3, 0.4) is 0 Å². The molecule has 1 aromatic rings. The summed E-state index contributed by atoms with van der Waals surface area (Å²) in [6, 6.07) is 0.460. The Morgan fingerprint density at radius 1 is 1.19 bits per heavy atom. The number of carbonyl (C=O) groups is 1. The van der Waals surface area contributed by atoms with E-state index in [-0.39, 0.29) is 18.0 Å². The highest BCUT2D eigenvalue weighted by molar-refractivity contribution is 5.91. The van der Waals surface area contributed by atoms with E-state index in [9.17, 15) is 4.79 Å². The Labute approximate surface area is 157 Å².